The molecular formula is C27H40N4O2. The molecule has 2 aliphatic rings. The molecule has 180 valence electrons. The van der Waals surface area contributed by atoms with Gasteiger partial charge in [0.05, 0.1) is 25.1 Å². The molecule has 0 aromatic heterocycles. The van der Waals surface area contributed by atoms with E-state index < -0.39 is 0 Å². The fraction of sp³-hybridized carbons (Fsp3) is 0.556. The molecule has 2 aromatic rings. The molecule has 0 N–H and O–H groups in total. The Balaban J connectivity index is 1.13. The Morgan fingerprint density at radius 1 is 0.667 bits per heavy atom. The van der Waals surface area contributed by atoms with Gasteiger partial charge >= 0.3 is 0 Å². The van der Waals surface area contributed by atoms with Crippen LogP contribution in [0.25, 0.3) is 0 Å². The third-order valence-corrected chi connectivity index (χ3v) is 6.88. The van der Waals surface area contributed by atoms with Crippen LogP contribution < -0.4 is 19.3 Å². The lowest BCUT2D eigenvalue weighted by Crippen LogP contribution is -2.46. The highest BCUT2D eigenvalue weighted by atomic mass is 16.5. The number of piperazine rings is 2. The summed E-state index contributed by atoms with van der Waals surface area (Å²) in [7, 11) is 3.95. The van der Waals surface area contributed by atoms with Crippen LogP contribution in [0, 0.1) is 0 Å². The smallest absolute Gasteiger partial charge is 0.142 e. The van der Waals surface area contributed by atoms with E-state index in [0.717, 1.165) is 76.9 Å². The van der Waals surface area contributed by atoms with Gasteiger partial charge in [0, 0.05) is 52.4 Å². The number of rotatable bonds is 10. The summed E-state index contributed by atoms with van der Waals surface area (Å²) in [4.78, 5) is 9.88. The Morgan fingerprint density at radius 3 is 1.91 bits per heavy atom. The standard InChI is InChI=1S/C27H40N4O2/c1-28-15-19-30(20-16-28)25-11-5-7-13-27(25)33-23-9-3-8-14-29-17-21-31(22-18-29)24-10-4-6-12-26(24)32-2/h4-7,10-13H,3,8-9,14-23H2,1-2H3. The fourth-order valence-electron chi connectivity index (χ4n) is 4.79. The van der Waals surface area contributed by atoms with E-state index >= 15 is 0 Å². The lowest BCUT2D eigenvalue weighted by molar-refractivity contribution is 0.245. The molecule has 2 fully saturated rings. The van der Waals surface area contributed by atoms with Gasteiger partial charge in [-0.25, -0.2) is 0 Å². The van der Waals surface area contributed by atoms with E-state index in [1.54, 1.807) is 7.11 Å². The van der Waals surface area contributed by atoms with Gasteiger partial charge in [-0.2, -0.15) is 0 Å². The summed E-state index contributed by atoms with van der Waals surface area (Å²) in [5.41, 5.74) is 2.46. The van der Waals surface area contributed by atoms with E-state index in [9.17, 15) is 0 Å². The number of nitrogens with zero attached hydrogens (tertiary/aromatic N) is 4. The second-order valence-electron chi connectivity index (χ2n) is 9.17. The van der Waals surface area contributed by atoms with Gasteiger partial charge < -0.3 is 24.2 Å². The third kappa shape index (κ3) is 6.55. The quantitative estimate of drug-likeness (QED) is 0.510. The highest BCUT2D eigenvalue weighted by molar-refractivity contribution is 5.59. The van der Waals surface area contributed by atoms with Crippen LogP contribution in [-0.4, -0.2) is 89.5 Å². The molecule has 4 rings (SSSR count). The lowest BCUT2D eigenvalue weighted by atomic mass is 10.2. The Labute approximate surface area is 199 Å². The molecule has 0 atom stereocenters. The number of benzene rings is 2. The van der Waals surface area contributed by atoms with Crippen LogP contribution in [0.2, 0.25) is 0 Å². The molecule has 0 amide bonds. The van der Waals surface area contributed by atoms with Crippen molar-refractivity contribution in [3.8, 4) is 11.5 Å². The van der Waals surface area contributed by atoms with Crippen LogP contribution >= 0.6 is 0 Å². The largest absolute Gasteiger partial charge is 0.495 e. The van der Waals surface area contributed by atoms with Crippen molar-refractivity contribution >= 4 is 11.4 Å². The Kier molecular flexibility index (Phi) is 8.72. The summed E-state index contributed by atoms with van der Waals surface area (Å²) in [6.07, 6.45) is 3.56. The molecule has 2 aliphatic heterocycles. The van der Waals surface area contributed by atoms with Gasteiger partial charge in [0.25, 0.3) is 0 Å². The van der Waals surface area contributed by atoms with Crippen LogP contribution in [-0.2, 0) is 0 Å². The van der Waals surface area contributed by atoms with E-state index in [-0.39, 0.29) is 0 Å². The van der Waals surface area contributed by atoms with Gasteiger partial charge in [0.2, 0.25) is 0 Å². The van der Waals surface area contributed by atoms with Crippen molar-refractivity contribution in [3.05, 3.63) is 48.5 Å². The predicted octanol–water partition coefficient (Wildman–Crippen LogP) is 3.82. The average Bonchev–Trinajstić information content (AvgIpc) is 2.87. The average molecular weight is 453 g/mol. The minimum atomic E-state index is 0.798. The normalized spacial score (nSPS) is 17.9. The van der Waals surface area contributed by atoms with Crippen molar-refractivity contribution in [2.24, 2.45) is 0 Å². The molecule has 2 heterocycles. The van der Waals surface area contributed by atoms with Gasteiger partial charge in [-0.1, -0.05) is 24.3 Å². The zero-order chi connectivity index (χ0) is 22.9. The van der Waals surface area contributed by atoms with Crippen molar-refractivity contribution in [2.75, 3.05) is 89.5 Å². The van der Waals surface area contributed by atoms with Crippen molar-refractivity contribution in [3.63, 3.8) is 0 Å². The third-order valence-electron chi connectivity index (χ3n) is 6.88. The zero-order valence-electron chi connectivity index (χ0n) is 20.4. The van der Waals surface area contributed by atoms with Crippen molar-refractivity contribution in [1.82, 2.24) is 9.80 Å². The first-order valence-corrected chi connectivity index (χ1v) is 12.5. The van der Waals surface area contributed by atoms with E-state index in [1.165, 1.54) is 30.8 Å². The minimum Gasteiger partial charge on any atom is -0.495 e. The summed E-state index contributed by atoms with van der Waals surface area (Å²) in [6, 6.07) is 16.9. The zero-order valence-corrected chi connectivity index (χ0v) is 20.4. The number of hydrogen-bond donors (Lipinski definition) is 0. The summed E-state index contributed by atoms with van der Waals surface area (Å²) in [6.45, 7) is 10.7. The van der Waals surface area contributed by atoms with Crippen LogP contribution in [0.5, 0.6) is 11.5 Å². The van der Waals surface area contributed by atoms with E-state index in [0.29, 0.717) is 0 Å². The molecule has 0 spiro atoms. The second kappa shape index (κ2) is 12.1. The highest BCUT2D eigenvalue weighted by Gasteiger charge is 2.19. The van der Waals surface area contributed by atoms with Gasteiger partial charge in [0.1, 0.15) is 11.5 Å². The Hall–Kier alpha value is -2.44. The number of anilines is 2. The SMILES string of the molecule is COc1ccccc1N1CCN(CCCCCOc2ccccc2N2CCN(C)CC2)CC1. The van der Waals surface area contributed by atoms with Gasteiger partial charge in [-0.15, -0.1) is 0 Å². The van der Waals surface area contributed by atoms with Gasteiger partial charge in [-0.3, -0.25) is 4.90 Å². The maximum Gasteiger partial charge on any atom is 0.142 e. The summed E-state index contributed by atoms with van der Waals surface area (Å²) < 4.78 is 11.7. The maximum atomic E-state index is 6.21. The van der Waals surface area contributed by atoms with E-state index in [2.05, 4.69) is 63.0 Å². The molecule has 33 heavy (non-hydrogen) atoms. The molecular weight excluding hydrogens is 412 g/mol. The van der Waals surface area contributed by atoms with Gasteiger partial charge in [0.15, 0.2) is 0 Å². The second-order valence-corrected chi connectivity index (χ2v) is 9.17. The Morgan fingerprint density at radius 2 is 1.24 bits per heavy atom. The van der Waals surface area contributed by atoms with Crippen LogP contribution in [0.15, 0.2) is 48.5 Å². The number of likely N-dealkylation sites (N-methyl/N-ethyl adjacent to an activating group) is 1. The monoisotopic (exact) mass is 452 g/mol. The molecule has 0 bridgehead atoms. The maximum absolute atomic E-state index is 6.21. The molecule has 6 nitrogen and oxygen atoms in total. The predicted molar refractivity (Wildman–Crippen MR) is 137 cm³/mol. The number of ether oxygens (including phenoxy) is 2. The molecule has 0 saturated carbocycles. The molecule has 0 radical (unpaired) electrons. The highest BCUT2D eigenvalue weighted by Crippen LogP contribution is 2.29. The number of hydrogen-bond acceptors (Lipinski definition) is 6. The van der Waals surface area contributed by atoms with Crippen molar-refractivity contribution in [2.45, 2.75) is 19.3 Å². The Bertz CT molecular complexity index is 846. The molecule has 2 saturated heterocycles. The molecule has 2 aromatic carbocycles. The first kappa shape index (κ1) is 23.7. The number of methoxy groups -OCH3 is 1. The fourth-order valence-corrected chi connectivity index (χ4v) is 4.79. The van der Waals surface area contributed by atoms with Crippen molar-refractivity contribution in [1.29, 1.82) is 0 Å². The van der Waals surface area contributed by atoms with Crippen LogP contribution in [0.1, 0.15) is 19.3 Å². The molecule has 6 heteroatoms. The molecule has 0 aliphatic carbocycles. The number of para-hydroxylation sites is 4. The minimum absolute atomic E-state index is 0.798. The van der Waals surface area contributed by atoms with Gasteiger partial charge in [-0.05, 0) is 57.1 Å². The first-order valence-electron chi connectivity index (χ1n) is 12.5. The van der Waals surface area contributed by atoms with Crippen molar-refractivity contribution < 1.29 is 9.47 Å². The number of unbranched alkanes of at least 4 members (excludes halogenated alkanes) is 2. The summed E-state index contributed by atoms with van der Waals surface area (Å²) >= 11 is 0. The summed E-state index contributed by atoms with van der Waals surface area (Å²) in [5.74, 6) is 2.01. The topological polar surface area (TPSA) is 31.4 Å². The molecule has 0 unspecified atom stereocenters. The first-order chi connectivity index (χ1) is 16.2. The van der Waals surface area contributed by atoms with Crippen LogP contribution in [0.4, 0.5) is 11.4 Å². The lowest BCUT2D eigenvalue weighted by Gasteiger charge is -2.36. The van der Waals surface area contributed by atoms with E-state index in [4.69, 9.17) is 9.47 Å². The van der Waals surface area contributed by atoms with Crippen LogP contribution in [0.3, 0.4) is 0 Å². The summed E-state index contributed by atoms with van der Waals surface area (Å²) in [5, 5.41) is 0. The van der Waals surface area contributed by atoms with E-state index in [1.807, 2.05) is 12.1 Å².